The summed E-state index contributed by atoms with van der Waals surface area (Å²) < 4.78 is 2.24. The van der Waals surface area contributed by atoms with Crippen LogP contribution in [0, 0.1) is 5.92 Å². The third-order valence-electron chi connectivity index (χ3n) is 3.12. The number of carbonyl (C=O) groups is 1. The Kier molecular flexibility index (Phi) is 4.56. The fourth-order valence-electron chi connectivity index (χ4n) is 2.26. The van der Waals surface area contributed by atoms with Gasteiger partial charge in [-0.25, -0.2) is 4.98 Å². The van der Waals surface area contributed by atoms with E-state index in [0.717, 1.165) is 19.4 Å². The molecule has 0 saturated carbocycles. The summed E-state index contributed by atoms with van der Waals surface area (Å²) in [6.45, 7) is 3.32. The molecule has 2 rings (SSSR count). The van der Waals surface area contributed by atoms with Crippen LogP contribution in [0.1, 0.15) is 26.2 Å². The lowest BCUT2D eigenvalue weighted by atomic mass is 10.0. The van der Waals surface area contributed by atoms with Crippen LogP contribution in [0.3, 0.4) is 0 Å². The molecule has 0 N–H and O–H groups in total. The normalized spacial score (nSPS) is 19.9. The summed E-state index contributed by atoms with van der Waals surface area (Å²) in [4.78, 5) is 17.7. The molecule has 18 heavy (non-hydrogen) atoms. The minimum Gasteiger partial charge on any atom is -0.324 e. The van der Waals surface area contributed by atoms with Crippen LogP contribution in [0.2, 0.25) is 10.3 Å². The maximum absolute atomic E-state index is 11.9. The second-order valence-corrected chi connectivity index (χ2v) is 5.93. The Balaban J connectivity index is 2.08. The van der Waals surface area contributed by atoms with Crippen LogP contribution in [-0.2, 0) is 11.5 Å². The number of likely N-dealkylation sites (tertiary alicyclic amines) is 1. The van der Waals surface area contributed by atoms with Crippen molar-refractivity contribution in [1.82, 2.24) is 14.5 Å². The molecule has 1 unspecified atom stereocenters. The van der Waals surface area contributed by atoms with Crippen molar-refractivity contribution in [2.24, 2.45) is 5.92 Å². The molecule has 0 spiro atoms. The van der Waals surface area contributed by atoms with Gasteiger partial charge in [0.05, 0.1) is 0 Å². The number of nitrogens with zero attached hydrogens (tertiary/aromatic N) is 3. The minimum atomic E-state index is 0.168. The van der Waals surface area contributed by atoms with Crippen LogP contribution in [0.5, 0.6) is 0 Å². The molecule has 0 aromatic carbocycles. The fraction of sp³-hybridized carbons (Fsp3) is 0.636. The first-order valence-electron chi connectivity index (χ1n) is 5.87. The van der Waals surface area contributed by atoms with Crippen molar-refractivity contribution in [1.29, 1.82) is 0 Å². The molecule has 1 saturated heterocycles. The Morgan fingerprint density at radius 3 is 2.78 bits per heavy atom. The molecular weight excluding hydrogens is 341 g/mol. The van der Waals surface area contributed by atoms with E-state index < -0.39 is 0 Å². The van der Waals surface area contributed by atoms with E-state index in [1.54, 1.807) is 9.47 Å². The van der Waals surface area contributed by atoms with Crippen LogP contribution in [-0.4, -0.2) is 26.9 Å². The van der Waals surface area contributed by atoms with Crippen LogP contribution in [0.4, 0.5) is 0 Å². The molecule has 1 aliphatic rings. The molecular formula is C11H14BrCl2N3O. The molecule has 1 fully saturated rings. The third kappa shape index (κ3) is 2.83. The summed E-state index contributed by atoms with van der Waals surface area (Å²) in [6, 6.07) is 0. The van der Waals surface area contributed by atoms with E-state index in [4.69, 9.17) is 23.2 Å². The Bertz CT molecular complexity index is 463. The third-order valence-corrected chi connectivity index (χ3v) is 4.47. The zero-order valence-corrected chi connectivity index (χ0v) is 13.1. The van der Waals surface area contributed by atoms with E-state index in [1.807, 2.05) is 0 Å². The van der Waals surface area contributed by atoms with Gasteiger partial charge in [-0.3, -0.25) is 9.36 Å². The molecule has 1 aliphatic heterocycles. The van der Waals surface area contributed by atoms with Gasteiger partial charge in [0.15, 0.2) is 9.89 Å². The summed E-state index contributed by atoms with van der Waals surface area (Å²) >= 11 is 15.2. The zero-order valence-electron chi connectivity index (χ0n) is 10.00. The van der Waals surface area contributed by atoms with E-state index in [-0.39, 0.29) is 11.1 Å². The minimum absolute atomic E-state index is 0.168. The predicted molar refractivity (Wildman–Crippen MR) is 74.7 cm³/mol. The maximum atomic E-state index is 11.9. The van der Waals surface area contributed by atoms with Gasteiger partial charge in [-0.15, -0.1) is 0 Å². The summed E-state index contributed by atoms with van der Waals surface area (Å²) in [7, 11) is 0. The smallest absolute Gasteiger partial charge is 0.224 e. The average Bonchev–Trinajstić information content (AvgIpc) is 2.76. The number of halogens is 3. The number of aromatic nitrogens is 2. The SMILES string of the molecule is CCCC1CC(=O)N(Cn2c(Br)nc(Cl)c2Cl)C1. The van der Waals surface area contributed by atoms with E-state index >= 15 is 0 Å². The van der Waals surface area contributed by atoms with Gasteiger partial charge in [0.2, 0.25) is 5.91 Å². The molecule has 1 aromatic rings. The summed E-state index contributed by atoms with van der Waals surface area (Å²) in [5, 5.41) is 0.607. The second kappa shape index (κ2) is 5.80. The summed E-state index contributed by atoms with van der Waals surface area (Å²) in [5.41, 5.74) is 0. The van der Waals surface area contributed by atoms with Crippen molar-refractivity contribution in [3.63, 3.8) is 0 Å². The van der Waals surface area contributed by atoms with Crippen LogP contribution >= 0.6 is 39.1 Å². The van der Waals surface area contributed by atoms with Gasteiger partial charge in [0.25, 0.3) is 0 Å². The average molecular weight is 355 g/mol. The van der Waals surface area contributed by atoms with Gasteiger partial charge >= 0.3 is 0 Å². The highest BCUT2D eigenvalue weighted by molar-refractivity contribution is 9.10. The molecule has 7 heteroatoms. The van der Waals surface area contributed by atoms with Gasteiger partial charge in [0.1, 0.15) is 11.8 Å². The monoisotopic (exact) mass is 353 g/mol. The molecule has 1 aromatic heterocycles. The summed E-state index contributed by atoms with van der Waals surface area (Å²) in [6.07, 6.45) is 2.82. The van der Waals surface area contributed by atoms with E-state index in [0.29, 0.717) is 28.9 Å². The summed E-state index contributed by atoms with van der Waals surface area (Å²) in [5.74, 6) is 0.625. The van der Waals surface area contributed by atoms with Crippen molar-refractivity contribution < 1.29 is 4.79 Å². The molecule has 4 nitrogen and oxygen atoms in total. The van der Waals surface area contributed by atoms with Crippen LogP contribution < -0.4 is 0 Å². The first kappa shape index (κ1) is 14.2. The van der Waals surface area contributed by atoms with Crippen LogP contribution in [0.15, 0.2) is 4.73 Å². The van der Waals surface area contributed by atoms with Crippen molar-refractivity contribution in [3.05, 3.63) is 15.0 Å². The largest absolute Gasteiger partial charge is 0.324 e. The van der Waals surface area contributed by atoms with Gasteiger partial charge in [-0.2, -0.15) is 0 Å². The molecule has 1 atom stereocenters. The van der Waals surface area contributed by atoms with E-state index in [1.165, 1.54) is 0 Å². The van der Waals surface area contributed by atoms with Crippen LogP contribution in [0.25, 0.3) is 0 Å². The Morgan fingerprint density at radius 1 is 1.50 bits per heavy atom. The molecule has 0 bridgehead atoms. The Morgan fingerprint density at radius 2 is 2.22 bits per heavy atom. The molecule has 0 radical (unpaired) electrons. The second-order valence-electron chi connectivity index (χ2n) is 4.51. The van der Waals surface area contributed by atoms with Gasteiger partial charge in [-0.05, 0) is 28.3 Å². The molecule has 0 aliphatic carbocycles. The lowest BCUT2D eigenvalue weighted by Crippen LogP contribution is -2.28. The first-order valence-corrected chi connectivity index (χ1v) is 7.42. The van der Waals surface area contributed by atoms with Crippen molar-refractivity contribution >= 4 is 45.0 Å². The lowest BCUT2D eigenvalue weighted by molar-refractivity contribution is -0.129. The quantitative estimate of drug-likeness (QED) is 0.829. The van der Waals surface area contributed by atoms with Gasteiger partial charge < -0.3 is 4.90 Å². The number of hydrogen-bond acceptors (Lipinski definition) is 2. The number of amides is 1. The van der Waals surface area contributed by atoms with E-state index in [2.05, 4.69) is 27.8 Å². The van der Waals surface area contributed by atoms with Gasteiger partial charge in [0, 0.05) is 13.0 Å². The molecule has 100 valence electrons. The van der Waals surface area contributed by atoms with E-state index in [9.17, 15) is 4.79 Å². The lowest BCUT2D eigenvalue weighted by Gasteiger charge is -2.18. The fourth-order valence-corrected chi connectivity index (χ4v) is 3.29. The van der Waals surface area contributed by atoms with Crippen molar-refractivity contribution in [2.75, 3.05) is 6.54 Å². The predicted octanol–water partition coefficient (Wildman–Crippen LogP) is 3.56. The Hall–Kier alpha value is -0.260. The first-order chi connectivity index (χ1) is 8.52. The van der Waals surface area contributed by atoms with Gasteiger partial charge in [-0.1, -0.05) is 36.5 Å². The molecule has 1 amide bonds. The highest BCUT2D eigenvalue weighted by Gasteiger charge is 2.29. The number of hydrogen-bond donors (Lipinski definition) is 0. The number of carbonyl (C=O) groups excluding carboxylic acids is 1. The number of rotatable bonds is 4. The maximum Gasteiger partial charge on any atom is 0.224 e. The Labute approximate surface area is 124 Å². The highest BCUT2D eigenvalue weighted by Crippen LogP contribution is 2.28. The zero-order chi connectivity index (χ0) is 13.3. The standard InChI is InChI=1S/C11H14BrCl2N3O/c1-2-3-7-4-8(18)16(5-7)6-17-10(14)9(13)15-11(17)12/h7H,2-6H2,1H3. The van der Waals surface area contributed by atoms with Crippen molar-refractivity contribution in [2.45, 2.75) is 32.9 Å². The molecule has 2 heterocycles. The number of imidazole rings is 1. The topological polar surface area (TPSA) is 38.1 Å². The van der Waals surface area contributed by atoms with Crippen molar-refractivity contribution in [3.8, 4) is 0 Å². The highest BCUT2D eigenvalue weighted by atomic mass is 79.9.